The molecule has 0 saturated heterocycles. The molecule has 28 heavy (non-hydrogen) atoms. The second kappa shape index (κ2) is 7.32. The van der Waals surface area contributed by atoms with E-state index in [1.54, 1.807) is 35.7 Å². The van der Waals surface area contributed by atoms with Crippen LogP contribution in [0.15, 0.2) is 72.5 Å². The predicted molar refractivity (Wildman–Crippen MR) is 114 cm³/mol. The molecular formula is C18H10BrClN2O4S2. The topological polar surface area (TPSA) is 89.3 Å². The molecule has 4 aromatic rings. The lowest BCUT2D eigenvalue weighted by Gasteiger charge is -2.06. The Morgan fingerprint density at radius 1 is 1.14 bits per heavy atom. The second-order valence-electron chi connectivity index (χ2n) is 5.70. The zero-order valence-electron chi connectivity index (χ0n) is 13.8. The van der Waals surface area contributed by atoms with E-state index >= 15 is 0 Å². The summed E-state index contributed by atoms with van der Waals surface area (Å²) in [5.41, 5.74) is 0.454. The van der Waals surface area contributed by atoms with E-state index in [2.05, 4.69) is 25.6 Å². The van der Waals surface area contributed by atoms with Crippen molar-refractivity contribution in [1.29, 1.82) is 0 Å². The first-order valence-corrected chi connectivity index (χ1v) is 11.3. The number of fused-ring (bicyclic) bond motifs is 1. The van der Waals surface area contributed by atoms with E-state index in [9.17, 15) is 13.2 Å². The Hall–Kier alpha value is -2.20. The highest BCUT2D eigenvalue weighted by atomic mass is 79.9. The summed E-state index contributed by atoms with van der Waals surface area (Å²) in [6.07, 6.45) is 0. The second-order valence-corrected chi connectivity index (χ2v) is 9.54. The number of anilines is 1. The van der Waals surface area contributed by atoms with Crippen LogP contribution in [0.3, 0.4) is 0 Å². The van der Waals surface area contributed by atoms with Gasteiger partial charge in [-0.1, -0.05) is 39.7 Å². The molecule has 6 nitrogen and oxygen atoms in total. The van der Waals surface area contributed by atoms with Crippen molar-refractivity contribution in [2.45, 2.75) is 4.90 Å². The van der Waals surface area contributed by atoms with Gasteiger partial charge in [-0.3, -0.25) is 4.72 Å². The van der Waals surface area contributed by atoms with Gasteiger partial charge in [0.05, 0.1) is 16.3 Å². The van der Waals surface area contributed by atoms with Gasteiger partial charge in [-0.2, -0.15) is 0 Å². The van der Waals surface area contributed by atoms with Crippen molar-refractivity contribution < 1.29 is 12.8 Å². The molecule has 0 bridgehead atoms. The van der Waals surface area contributed by atoms with E-state index in [4.69, 9.17) is 16.0 Å². The summed E-state index contributed by atoms with van der Waals surface area (Å²) in [7, 11) is -3.91. The minimum Gasteiger partial charge on any atom is -0.422 e. The summed E-state index contributed by atoms with van der Waals surface area (Å²) in [5.74, 6) is 0. The van der Waals surface area contributed by atoms with Gasteiger partial charge in [-0.15, -0.1) is 11.3 Å². The van der Waals surface area contributed by atoms with Crippen molar-refractivity contribution in [3.63, 3.8) is 0 Å². The Balaban J connectivity index is 1.70. The zero-order chi connectivity index (χ0) is 19.9. The van der Waals surface area contributed by atoms with Gasteiger partial charge in [0.2, 0.25) is 0 Å². The number of aromatic nitrogens is 1. The fourth-order valence-electron chi connectivity index (χ4n) is 2.55. The molecule has 0 saturated carbocycles. The summed E-state index contributed by atoms with van der Waals surface area (Å²) in [6.45, 7) is 0. The first-order valence-electron chi connectivity index (χ1n) is 7.80. The van der Waals surface area contributed by atoms with Crippen LogP contribution in [0, 0.1) is 0 Å². The van der Waals surface area contributed by atoms with Crippen LogP contribution in [-0.2, 0) is 10.0 Å². The van der Waals surface area contributed by atoms with Crippen molar-refractivity contribution in [2.24, 2.45) is 0 Å². The molecule has 4 rings (SSSR count). The fraction of sp³-hybridized carbons (Fsp3) is 0. The molecule has 0 aliphatic carbocycles. The highest BCUT2D eigenvalue weighted by Crippen LogP contribution is 2.29. The standard InChI is InChI=1S/C18H10BrClN2O4S2/c19-11-5-6-15-10(7-11)8-12(17(23)26-15)14-9-27-18(21-14)22-28(24,25)16-4-2-1-3-13(16)20/h1-9H,(H,21,22). The number of nitrogens with zero attached hydrogens (tertiary/aromatic N) is 1. The number of sulfonamides is 1. The lowest BCUT2D eigenvalue weighted by Crippen LogP contribution is -2.13. The van der Waals surface area contributed by atoms with Gasteiger partial charge < -0.3 is 4.42 Å². The minimum absolute atomic E-state index is 0.0523. The first kappa shape index (κ1) is 19.1. The average Bonchev–Trinajstić information content (AvgIpc) is 3.09. The molecule has 0 aliphatic rings. The first-order chi connectivity index (χ1) is 13.3. The van der Waals surface area contributed by atoms with Crippen LogP contribution in [0.2, 0.25) is 5.02 Å². The number of halogens is 2. The van der Waals surface area contributed by atoms with Gasteiger partial charge in [0.25, 0.3) is 10.0 Å². The molecule has 2 aromatic heterocycles. The maximum absolute atomic E-state index is 12.5. The van der Waals surface area contributed by atoms with E-state index < -0.39 is 15.6 Å². The fourth-order valence-corrected chi connectivity index (χ4v) is 5.41. The molecular weight excluding hydrogens is 488 g/mol. The van der Waals surface area contributed by atoms with E-state index in [1.807, 2.05) is 6.07 Å². The lowest BCUT2D eigenvalue weighted by molar-refractivity contribution is 0.563. The quantitative estimate of drug-likeness (QED) is 0.395. The van der Waals surface area contributed by atoms with Gasteiger partial charge >= 0.3 is 5.63 Å². The van der Waals surface area contributed by atoms with E-state index in [-0.39, 0.29) is 20.6 Å². The molecule has 2 aromatic carbocycles. The number of benzene rings is 2. The number of thiazole rings is 1. The molecule has 0 unspecified atom stereocenters. The largest absolute Gasteiger partial charge is 0.422 e. The van der Waals surface area contributed by atoms with Gasteiger partial charge in [-0.05, 0) is 36.4 Å². The monoisotopic (exact) mass is 496 g/mol. The van der Waals surface area contributed by atoms with Crippen LogP contribution < -0.4 is 10.3 Å². The van der Waals surface area contributed by atoms with Gasteiger partial charge in [0.15, 0.2) is 5.13 Å². The van der Waals surface area contributed by atoms with Gasteiger partial charge in [0, 0.05) is 15.2 Å². The lowest BCUT2D eigenvalue weighted by atomic mass is 10.1. The molecule has 0 spiro atoms. The molecule has 142 valence electrons. The van der Waals surface area contributed by atoms with Crippen LogP contribution in [0.4, 0.5) is 5.13 Å². The Morgan fingerprint density at radius 3 is 2.71 bits per heavy atom. The molecule has 1 N–H and O–H groups in total. The Labute approximate surface area is 177 Å². The number of rotatable bonds is 4. The Bertz CT molecular complexity index is 1370. The molecule has 0 aliphatic heterocycles. The molecule has 2 heterocycles. The van der Waals surface area contributed by atoms with Crippen molar-refractivity contribution in [3.8, 4) is 11.3 Å². The maximum Gasteiger partial charge on any atom is 0.345 e. The Morgan fingerprint density at radius 2 is 1.93 bits per heavy atom. The SMILES string of the molecule is O=c1oc2ccc(Br)cc2cc1-c1csc(NS(=O)(=O)c2ccccc2Cl)n1. The molecule has 0 radical (unpaired) electrons. The smallest absolute Gasteiger partial charge is 0.345 e. The third-order valence-electron chi connectivity index (χ3n) is 3.82. The number of nitrogens with one attached hydrogen (secondary N) is 1. The van der Waals surface area contributed by atoms with Gasteiger partial charge in [-0.25, -0.2) is 18.2 Å². The zero-order valence-corrected chi connectivity index (χ0v) is 17.8. The van der Waals surface area contributed by atoms with Crippen LogP contribution in [0.1, 0.15) is 0 Å². The maximum atomic E-state index is 12.5. The minimum atomic E-state index is -3.91. The van der Waals surface area contributed by atoms with Crippen molar-refractivity contribution in [3.05, 3.63) is 73.8 Å². The number of hydrogen-bond donors (Lipinski definition) is 1. The third-order valence-corrected chi connectivity index (χ3v) is 7.04. The number of hydrogen-bond acceptors (Lipinski definition) is 6. The highest BCUT2D eigenvalue weighted by molar-refractivity contribution is 9.10. The summed E-state index contributed by atoms with van der Waals surface area (Å²) in [5, 5.41) is 2.52. The van der Waals surface area contributed by atoms with Crippen LogP contribution in [0.25, 0.3) is 22.2 Å². The third kappa shape index (κ3) is 3.70. The van der Waals surface area contributed by atoms with Crippen LogP contribution in [-0.4, -0.2) is 13.4 Å². The normalized spacial score (nSPS) is 11.6. The van der Waals surface area contributed by atoms with Crippen LogP contribution in [0.5, 0.6) is 0 Å². The average molecular weight is 498 g/mol. The summed E-state index contributed by atoms with van der Waals surface area (Å²) in [4.78, 5) is 16.5. The van der Waals surface area contributed by atoms with Crippen LogP contribution >= 0.6 is 38.9 Å². The van der Waals surface area contributed by atoms with Crippen molar-refractivity contribution in [1.82, 2.24) is 4.98 Å². The summed E-state index contributed by atoms with van der Waals surface area (Å²) >= 11 is 10.4. The van der Waals surface area contributed by atoms with E-state index in [0.717, 1.165) is 21.2 Å². The van der Waals surface area contributed by atoms with Crippen molar-refractivity contribution >= 4 is 65.0 Å². The van der Waals surface area contributed by atoms with Gasteiger partial charge in [0.1, 0.15) is 10.5 Å². The Kier molecular flexibility index (Phi) is 5.00. The summed E-state index contributed by atoms with van der Waals surface area (Å²) < 4.78 is 33.6. The van der Waals surface area contributed by atoms with Crippen molar-refractivity contribution in [2.75, 3.05) is 4.72 Å². The molecule has 10 heteroatoms. The van der Waals surface area contributed by atoms with E-state index in [0.29, 0.717) is 11.3 Å². The summed E-state index contributed by atoms with van der Waals surface area (Å²) in [6, 6.07) is 13.0. The highest BCUT2D eigenvalue weighted by Gasteiger charge is 2.20. The molecule has 0 fully saturated rings. The molecule has 0 atom stereocenters. The predicted octanol–water partition coefficient (Wildman–Crippen LogP) is 5.13. The molecule has 0 amide bonds. The van der Waals surface area contributed by atoms with E-state index in [1.165, 1.54) is 12.1 Å².